The first kappa shape index (κ1) is 13.6. The zero-order valence-corrected chi connectivity index (χ0v) is 11.8. The number of hydrogen-bond acceptors (Lipinski definition) is 3. The average molecular weight is 250 g/mol. The average Bonchev–Trinajstić information content (AvgIpc) is 2.76. The van der Waals surface area contributed by atoms with Crippen LogP contribution in [0.2, 0.25) is 0 Å². The van der Waals surface area contributed by atoms with Crippen molar-refractivity contribution < 1.29 is 0 Å². The van der Waals surface area contributed by atoms with E-state index in [-0.39, 0.29) is 6.04 Å². The third-order valence-corrected chi connectivity index (χ3v) is 4.25. The lowest BCUT2D eigenvalue weighted by molar-refractivity contribution is 0.162. The first-order valence-electron chi connectivity index (χ1n) is 7.00. The first-order valence-corrected chi connectivity index (χ1v) is 7.00. The molecular weight excluding hydrogens is 224 g/mol. The predicted octanol–water partition coefficient (Wildman–Crippen LogP) is 1.93. The van der Waals surface area contributed by atoms with Gasteiger partial charge in [0.2, 0.25) is 0 Å². The normalized spacial score (nSPS) is 26.5. The van der Waals surface area contributed by atoms with Crippen molar-refractivity contribution in [2.75, 3.05) is 13.6 Å². The molecule has 2 rings (SSSR count). The highest BCUT2D eigenvalue weighted by atomic mass is 15.2. The van der Waals surface area contributed by atoms with E-state index in [2.05, 4.69) is 24.0 Å². The van der Waals surface area contributed by atoms with Crippen molar-refractivity contribution in [2.45, 2.75) is 44.7 Å². The van der Waals surface area contributed by atoms with Crippen LogP contribution < -0.4 is 5.73 Å². The first-order chi connectivity index (χ1) is 8.56. The molecule has 0 aliphatic heterocycles. The highest BCUT2D eigenvalue weighted by Crippen LogP contribution is 2.27. The molecule has 1 aliphatic rings. The molecule has 1 aromatic heterocycles. The number of hydrogen-bond donors (Lipinski definition) is 1. The van der Waals surface area contributed by atoms with E-state index in [1.165, 1.54) is 25.7 Å². The molecule has 0 saturated heterocycles. The van der Waals surface area contributed by atoms with Crippen molar-refractivity contribution in [3.8, 4) is 0 Å². The number of aromatic nitrogens is 2. The second-order valence-electron chi connectivity index (χ2n) is 5.91. The smallest absolute Gasteiger partial charge is 0.0537 e. The number of aryl methyl sites for hydroxylation is 1. The number of nitrogens with zero attached hydrogens (tertiary/aromatic N) is 3. The maximum atomic E-state index is 6.25. The zero-order valence-electron chi connectivity index (χ0n) is 11.8. The zero-order chi connectivity index (χ0) is 13.1. The van der Waals surface area contributed by atoms with Crippen LogP contribution in [0, 0.1) is 5.92 Å². The minimum Gasteiger partial charge on any atom is -0.323 e. The van der Waals surface area contributed by atoms with E-state index in [1.54, 1.807) is 0 Å². The fourth-order valence-corrected chi connectivity index (χ4v) is 2.88. The lowest BCUT2D eigenvalue weighted by Crippen LogP contribution is -2.39. The number of rotatable bonds is 4. The lowest BCUT2D eigenvalue weighted by Gasteiger charge is -2.34. The molecule has 18 heavy (non-hydrogen) atoms. The Morgan fingerprint density at radius 2 is 2.11 bits per heavy atom. The van der Waals surface area contributed by atoms with Crippen molar-refractivity contribution in [1.29, 1.82) is 0 Å². The minimum atomic E-state index is 0.0723. The van der Waals surface area contributed by atoms with Crippen LogP contribution in [0.1, 0.15) is 44.2 Å². The van der Waals surface area contributed by atoms with Crippen LogP contribution in [-0.2, 0) is 7.05 Å². The van der Waals surface area contributed by atoms with E-state index in [9.17, 15) is 0 Å². The Balaban J connectivity index is 1.85. The Hall–Kier alpha value is -0.870. The predicted molar refractivity (Wildman–Crippen MR) is 74.2 cm³/mol. The van der Waals surface area contributed by atoms with Gasteiger partial charge in [0.1, 0.15) is 0 Å². The summed E-state index contributed by atoms with van der Waals surface area (Å²) < 4.78 is 1.82. The molecule has 1 saturated carbocycles. The van der Waals surface area contributed by atoms with E-state index < -0.39 is 0 Å². The van der Waals surface area contributed by atoms with Gasteiger partial charge in [-0.15, -0.1) is 0 Å². The summed E-state index contributed by atoms with van der Waals surface area (Å²) in [4.78, 5) is 2.43. The fraction of sp³-hybridized carbons (Fsp3) is 0.786. The summed E-state index contributed by atoms with van der Waals surface area (Å²) in [7, 11) is 4.14. The fourth-order valence-electron chi connectivity index (χ4n) is 2.88. The van der Waals surface area contributed by atoms with Crippen LogP contribution in [0.15, 0.2) is 12.4 Å². The largest absolute Gasteiger partial charge is 0.323 e. The van der Waals surface area contributed by atoms with Crippen molar-refractivity contribution in [3.05, 3.63) is 18.0 Å². The van der Waals surface area contributed by atoms with Crippen molar-refractivity contribution >= 4 is 0 Å². The molecular formula is C14H26N4. The third kappa shape index (κ3) is 3.33. The van der Waals surface area contributed by atoms with Crippen LogP contribution in [0.4, 0.5) is 0 Å². The Kier molecular flexibility index (Phi) is 4.40. The summed E-state index contributed by atoms with van der Waals surface area (Å²) in [6, 6.07) is 0.784. The molecule has 1 unspecified atom stereocenters. The van der Waals surface area contributed by atoms with Gasteiger partial charge in [-0.25, -0.2) is 0 Å². The highest BCUT2D eigenvalue weighted by molar-refractivity contribution is 5.10. The molecule has 0 amide bonds. The van der Waals surface area contributed by atoms with Gasteiger partial charge in [0.05, 0.1) is 6.20 Å². The molecule has 4 heteroatoms. The monoisotopic (exact) mass is 250 g/mol. The molecule has 1 aromatic rings. The third-order valence-electron chi connectivity index (χ3n) is 4.25. The topological polar surface area (TPSA) is 47.1 Å². The van der Waals surface area contributed by atoms with Gasteiger partial charge < -0.3 is 10.6 Å². The second kappa shape index (κ2) is 5.85. The molecule has 1 fully saturated rings. The molecule has 0 bridgehead atoms. The van der Waals surface area contributed by atoms with Gasteiger partial charge in [0, 0.05) is 37.4 Å². The van der Waals surface area contributed by atoms with E-state index in [0.717, 1.165) is 18.0 Å². The van der Waals surface area contributed by atoms with E-state index >= 15 is 0 Å². The van der Waals surface area contributed by atoms with Gasteiger partial charge >= 0.3 is 0 Å². The Morgan fingerprint density at radius 3 is 2.67 bits per heavy atom. The summed E-state index contributed by atoms with van der Waals surface area (Å²) in [5, 5.41) is 4.19. The Bertz CT molecular complexity index is 366. The van der Waals surface area contributed by atoms with Crippen molar-refractivity contribution in [3.63, 3.8) is 0 Å². The second-order valence-corrected chi connectivity index (χ2v) is 5.91. The van der Waals surface area contributed by atoms with Crippen LogP contribution in [-0.4, -0.2) is 34.3 Å². The summed E-state index contributed by atoms with van der Waals surface area (Å²) in [6.07, 6.45) is 9.24. The van der Waals surface area contributed by atoms with Gasteiger partial charge in [0.25, 0.3) is 0 Å². The molecule has 1 heterocycles. The summed E-state index contributed by atoms with van der Waals surface area (Å²) in [6.45, 7) is 3.28. The van der Waals surface area contributed by atoms with E-state index in [0.29, 0.717) is 6.04 Å². The van der Waals surface area contributed by atoms with Crippen LogP contribution in [0.5, 0.6) is 0 Å². The van der Waals surface area contributed by atoms with Crippen molar-refractivity contribution in [1.82, 2.24) is 14.7 Å². The quantitative estimate of drug-likeness (QED) is 0.888. The van der Waals surface area contributed by atoms with Gasteiger partial charge in [0.15, 0.2) is 0 Å². The van der Waals surface area contributed by atoms with Crippen LogP contribution >= 0.6 is 0 Å². The Labute approximate surface area is 110 Å². The highest BCUT2D eigenvalue weighted by Gasteiger charge is 2.23. The molecule has 0 radical (unpaired) electrons. The molecule has 102 valence electrons. The van der Waals surface area contributed by atoms with Gasteiger partial charge in [-0.1, -0.05) is 6.92 Å². The van der Waals surface area contributed by atoms with Gasteiger partial charge in [-0.2, -0.15) is 5.10 Å². The molecule has 0 spiro atoms. The molecule has 4 nitrogen and oxygen atoms in total. The summed E-state index contributed by atoms with van der Waals surface area (Å²) in [5.74, 6) is 0.904. The van der Waals surface area contributed by atoms with Crippen LogP contribution in [0.3, 0.4) is 0 Å². The standard InChI is InChI=1S/C14H26N4/c1-11-4-6-13(7-5-11)17(2)10-14(15)12-8-16-18(3)9-12/h8-9,11,13-14H,4-7,10,15H2,1-3H3. The van der Waals surface area contributed by atoms with E-state index in [4.69, 9.17) is 5.73 Å². The molecule has 2 N–H and O–H groups in total. The van der Waals surface area contributed by atoms with Crippen LogP contribution in [0.25, 0.3) is 0 Å². The lowest BCUT2D eigenvalue weighted by atomic mass is 9.86. The molecule has 1 atom stereocenters. The van der Waals surface area contributed by atoms with E-state index in [1.807, 2.05) is 24.1 Å². The molecule has 0 aromatic carbocycles. The van der Waals surface area contributed by atoms with Gasteiger partial charge in [-0.05, 0) is 38.6 Å². The SMILES string of the molecule is CC1CCC(N(C)CC(N)c2cnn(C)c2)CC1. The van der Waals surface area contributed by atoms with Crippen molar-refractivity contribution in [2.24, 2.45) is 18.7 Å². The molecule has 1 aliphatic carbocycles. The summed E-state index contributed by atoms with van der Waals surface area (Å²) >= 11 is 0. The minimum absolute atomic E-state index is 0.0723. The maximum Gasteiger partial charge on any atom is 0.0537 e. The number of nitrogens with two attached hydrogens (primary N) is 1. The number of likely N-dealkylation sites (N-methyl/N-ethyl adjacent to an activating group) is 1. The summed E-state index contributed by atoms with van der Waals surface area (Å²) in [5.41, 5.74) is 7.38. The van der Waals surface area contributed by atoms with Gasteiger partial charge in [-0.3, -0.25) is 4.68 Å². The maximum absolute atomic E-state index is 6.25. The Morgan fingerprint density at radius 1 is 1.44 bits per heavy atom.